The Hall–Kier alpha value is -4.72. The Morgan fingerprint density at radius 1 is 0.816 bits per heavy atom. The van der Waals surface area contributed by atoms with Gasteiger partial charge in [0.1, 0.15) is 11.5 Å². The molecule has 252 valence electrons. The lowest BCUT2D eigenvalue weighted by Gasteiger charge is -2.09. The third-order valence-electron chi connectivity index (χ3n) is 7.85. The molecule has 0 bridgehead atoms. The molecule has 14 heteroatoms. The largest absolute Gasteiger partial charge is 0.493 e. The van der Waals surface area contributed by atoms with Crippen molar-refractivity contribution in [3.05, 3.63) is 88.0 Å². The Bertz CT molecular complexity index is 2260. The fourth-order valence-electron chi connectivity index (χ4n) is 5.29. The molecule has 5 aromatic heterocycles. The van der Waals surface area contributed by atoms with E-state index in [0.717, 1.165) is 90.1 Å². The molecule has 0 amide bonds. The highest BCUT2D eigenvalue weighted by atomic mass is 35.5. The van der Waals surface area contributed by atoms with Crippen molar-refractivity contribution in [2.75, 3.05) is 13.2 Å². The van der Waals surface area contributed by atoms with E-state index in [4.69, 9.17) is 33.3 Å². The maximum absolute atomic E-state index is 5.69. The van der Waals surface area contributed by atoms with Crippen LogP contribution < -0.4 is 9.47 Å². The molecule has 49 heavy (non-hydrogen) atoms. The van der Waals surface area contributed by atoms with E-state index in [1.165, 1.54) is 5.56 Å². The topological polar surface area (TPSA) is 146 Å². The van der Waals surface area contributed by atoms with Crippen molar-refractivity contribution in [1.82, 2.24) is 39.9 Å². The van der Waals surface area contributed by atoms with Crippen LogP contribution in [0.2, 0.25) is 0 Å². The lowest BCUT2D eigenvalue weighted by atomic mass is 10.1. The summed E-state index contributed by atoms with van der Waals surface area (Å²) in [5, 5.41) is 0.876. The minimum Gasteiger partial charge on any atom is -0.493 e. The Balaban J connectivity index is 0.000000140. The molecule has 0 radical (unpaired) electrons. The summed E-state index contributed by atoms with van der Waals surface area (Å²) >= 11 is 12.3. The summed E-state index contributed by atoms with van der Waals surface area (Å²) in [7, 11) is 0. The number of imidazole rings is 3. The molecule has 8 rings (SSSR count). The summed E-state index contributed by atoms with van der Waals surface area (Å²) < 4.78 is 11.7. The number of benzene rings is 2. The van der Waals surface area contributed by atoms with Crippen molar-refractivity contribution in [2.45, 2.75) is 50.9 Å². The van der Waals surface area contributed by atoms with Crippen molar-refractivity contribution < 1.29 is 9.47 Å². The first-order valence-electron chi connectivity index (χ1n) is 15.8. The maximum atomic E-state index is 5.69. The van der Waals surface area contributed by atoms with Gasteiger partial charge in [-0.2, -0.15) is 0 Å². The normalized spacial score (nSPS) is 11.7. The lowest BCUT2D eigenvalue weighted by molar-refractivity contribution is 0.337. The van der Waals surface area contributed by atoms with Crippen LogP contribution in [0.25, 0.3) is 33.1 Å². The van der Waals surface area contributed by atoms with Crippen LogP contribution in [0.5, 0.6) is 11.5 Å². The molecule has 1 aliphatic rings. The standard InChI is InChI=1S/C17H17N5OS.C9H12ClNO.C9H7N3S/c1-3-23-16-4-5-18-15(10(16)2)8-24-17-21-13-6-11-12(20-9-19-11)7-14(13)22-17;1-3-12-9-4-5-11-8(6-10)7(9)2;13-9-11-7-3-5-1-2-10-6(5)4-8(7)12-9/h4-7,9H,3,8H2,1-2H3,(H,19,20)(H,21,22);4-5H,3,6H2,1-2H3;2-4H,1H2,(H2,11,12,13). The number of pyridine rings is 2. The summed E-state index contributed by atoms with van der Waals surface area (Å²) in [4.78, 5) is 34.4. The van der Waals surface area contributed by atoms with Crippen LogP contribution in [0.15, 0.2) is 65.3 Å². The third kappa shape index (κ3) is 7.96. The number of H-pyrrole nitrogens is 4. The highest BCUT2D eigenvalue weighted by Gasteiger charge is 2.11. The second kappa shape index (κ2) is 15.7. The number of aliphatic imine (C=N–C) groups is 1. The highest BCUT2D eigenvalue weighted by Crippen LogP contribution is 2.29. The smallest absolute Gasteiger partial charge is 0.175 e. The molecule has 0 fully saturated rings. The summed E-state index contributed by atoms with van der Waals surface area (Å²) in [5.74, 6) is 2.95. The molecule has 0 unspecified atom stereocenters. The average molecular weight is 714 g/mol. The summed E-state index contributed by atoms with van der Waals surface area (Å²) in [6.07, 6.45) is 8.06. The molecule has 0 atom stereocenters. The van der Waals surface area contributed by atoms with Gasteiger partial charge in [-0.1, -0.05) is 11.8 Å². The molecule has 0 aliphatic carbocycles. The number of rotatable bonds is 8. The average Bonchev–Trinajstić information content (AvgIpc) is 3.90. The Morgan fingerprint density at radius 2 is 1.51 bits per heavy atom. The lowest BCUT2D eigenvalue weighted by Crippen LogP contribution is -1.99. The molecule has 0 saturated heterocycles. The van der Waals surface area contributed by atoms with Crippen molar-refractivity contribution in [3.63, 3.8) is 0 Å². The highest BCUT2D eigenvalue weighted by molar-refractivity contribution is 7.98. The van der Waals surface area contributed by atoms with Gasteiger partial charge in [-0.25, -0.2) is 9.97 Å². The Morgan fingerprint density at radius 3 is 2.22 bits per heavy atom. The number of fused-ring (bicyclic) bond motifs is 4. The van der Waals surface area contributed by atoms with Crippen LogP contribution >= 0.6 is 35.6 Å². The van der Waals surface area contributed by atoms with Crippen molar-refractivity contribution in [2.24, 2.45) is 4.99 Å². The first-order chi connectivity index (χ1) is 23.9. The zero-order chi connectivity index (χ0) is 34.3. The Labute approximate surface area is 297 Å². The summed E-state index contributed by atoms with van der Waals surface area (Å²) in [6.45, 7) is 9.28. The number of hydrogen-bond acceptors (Lipinski definition) is 9. The predicted molar refractivity (Wildman–Crippen MR) is 200 cm³/mol. The van der Waals surface area contributed by atoms with E-state index in [1.54, 1.807) is 30.5 Å². The molecule has 2 aromatic carbocycles. The SMILES string of the molecule is CCOc1ccnc(CCl)c1C.CCOc1ccnc(CSc2nc3cc4nc[nH]c4cc3[nH]2)c1C.S=c1[nH]c2cc3c(cc2[nH]1)N=CC3. The van der Waals surface area contributed by atoms with E-state index in [1.807, 2.05) is 64.2 Å². The van der Waals surface area contributed by atoms with Crippen molar-refractivity contribution in [1.29, 1.82) is 0 Å². The number of alkyl halides is 1. The number of hydrogen-bond donors (Lipinski definition) is 4. The van der Waals surface area contributed by atoms with Crippen molar-refractivity contribution >= 4 is 80.6 Å². The fraction of sp³-hybridized carbons (Fsp3) is 0.257. The molecule has 0 spiro atoms. The molecule has 7 aromatic rings. The number of nitrogens with one attached hydrogen (secondary N) is 4. The predicted octanol–water partition coefficient (Wildman–Crippen LogP) is 8.85. The number of aromatic amines is 4. The minimum absolute atomic E-state index is 0.437. The fourth-order valence-corrected chi connectivity index (χ4v) is 6.68. The second-order valence-corrected chi connectivity index (χ2v) is 12.6. The first-order valence-corrected chi connectivity index (χ1v) is 17.7. The van der Waals surface area contributed by atoms with Crippen LogP contribution in [-0.2, 0) is 18.1 Å². The van der Waals surface area contributed by atoms with E-state index >= 15 is 0 Å². The van der Waals surface area contributed by atoms with E-state index in [9.17, 15) is 0 Å². The van der Waals surface area contributed by atoms with Gasteiger partial charge in [0.2, 0.25) is 0 Å². The first kappa shape index (κ1) is 34.2. The van der Waals surface area contributed by atoms with Gasteiger partial charge < -0.3 is 29.4 Å². The van der Waals surface area contributed by atoms with Crippen LogP contribution in [0.3, 0.4) is 0 Å². The number of halogens is 1. The quantitative estimate of drug-likeness (QED) is 0.0694. The molecular formula is C35H36ClN9O2S2. The molecule has 0 saturated carbocycles. The third-order valence-corrected chi connectivity index (χ3v) is 9.19. The van der Waals surface area contributed by atoms with Crippen molar-refractivity contribution in [3.8, 4) is 11.5 Å². The number of ether oxygens (including phenoxy) is 2. The van der Waals surface area contributed by atoms with Gasteiger partial charge >= 0.3 is 0 Å². The Kier molecular flexibility index (Phi) is 10.9. The van der Waals surface area contributed by atoms with Gasteiger partial charge in [0.25, 0.3) is 0 Å². The van der Waals surface area contributed by atoms with E-state index < -0.39 is 0 Å². The molecule has 1 aliphatic heterocycles. The number of nitrogens with zero attached hydrogens (tertiary/aromatic N) is 5. The maximum Gasteiger partial charge on any atom is 0.175 e. The molecule has 6 heterocycles. The number of thioether (sulfide) groups is 1. The van der Waals surface area contributed by atoms with Gasteiger partial charge in [-0.15, -0.1) is 11.6 Å². The van der Waals surface area contributed by atoms with Crippen LogP contribution in [0.4, 0.5) is 5.69 Å². The number of aromatic nitrogens is 8. The van der Waals surface area contributed by atoms with E-state index in [-0.39, 0.29) is 0 Å². The van der Waals surface area contributed by atoms with Gasteiger partial charge in [0.05, 0.1) is 75.6 Å². The van der Waals surface area contributed by atoms with Crippen LogP contribution in [0, 0.1) is 18.6 Å². The van der Waals surface area contributed by atoms with Gasteiger partial charge in [-0.05, 0) is 81.9 Å². The van der Waals surface area contributed by atoms with E-state index in [2.05, 4.69) is 50.9 Å². The molecular weight excluding hydrogens is 678 g/mol. The van der Waals surface area contributed by atoms with Gasteiger partial charge in [0.15, 0.2) is 9.93 Å². The second-order valence-electron chi connectivity index (χ2n) is 11.0. The van der Waals surface area contributed by atoms with Gasteiger partial charge in [0, 0.05) is 41.9 Å². The summed E-state index contributed by atoms with van der Waals surface area (Å²) in [6, 6.07) is 11.9. The summed E-state index contributed by atoms with van der Waals surface area (Å²) in [5.41, 5.74) is 12.3. The zero-order valence-corrected chi connectivity index (χ0v) is 29.9. The van der Waals surface area contributed by atoms with Crippen LogP contribution in [0.1, 0.15) is 41.9 Å². The minimum atomic E-state index is 0.437. The van der Waals surface area contributed by atoms with E-state index in [0.29, 0.717) is 23.9 Å². The molecule has 4 N–H and O–H groups in total. The zero-order valence-electron chi connectivity index (χ0n) is 27.6. The monoisotopic (exact) mass is 713 g/mol. The van der Waals surface area contributed by atoms with Crippen LogP contribution in [-0.4, -0.2) is 59.3 Å². The van der Waals surface area contributed by atoms with Gasteiger partial charge in [-0.3, -0.25) is 15.0 Å². The molecule has 11 nitrogen and oxygen atoms in total.